The Morgan fingerprint density at radius 1 is 0.182 bits per heavy atom. The number of fused-ring (bicyclic) bond motifs is 21. The lowest BCUT2D eigenvalue weighted by atomic mass is 10.1. The summed E-state index contributed by atoms with van der Waals surface area (Å²) in [4.78, 5) is 50.2. The third kappa shape index (κ3) is 13.7. The molecule has 27 aromatic rings. The van der Waals surface area contributed by atoms with Crippen molar-refractivity contribution >= 4 is 160 Å². The zero-order valence-corrected chi connectivity index (χ0v) is 73.0. The third-order valence-electron chi connectivity index (χ3n) is 24.7. The van der Waals surface area contributed by atoms with Crippen LogP contribution in [0.2, 0.25) is 0 Å². The van der Waals surface area contributed by atoms with Crippen LogP contribution in [0.15, 0.2) is 431 Å². The SMILES string of the molecule is c1ccc(-c2cc(-c3ccccc3)nc(-c3cccc(-n4c5ccccc5c5ccc6c7ccccc7sc6c54)n3)n2)cc1.c1ccc(-c2cc(-c3ccccc3)nc(-c3ccnc(-n4c5ccccc5c5ccc6c7ccccc7sc6c54)c3)n2)cc1.c1ccc(-c2cc(-c3ccccc3)nc(-c3cnc(-n4c5ccccc5c5ccc6c7ccccc7sc6c54)nc3)n2)cc1. The Kier molecular flexibility index (Phi) is 19.1. The number of nitrogens with zero attached hydrogens (tertiary/aromatic N) is 13. The molecule has 0 unspecified atom stereocenters. The Bertz CT molecular complexity index is 8630. The molecule has 0 fully saturated rings. The second kappa shape index (κ2) is 32.7. The molecule has 0 N–H and O–H groups in total. The predicted molar refractivity (Wildman–Crippen MR) is 548 cm³/mol. The highest BCUT2D eigenvalue weighted by Gasteiger charge is 2.26. The first kappa shape index (κ1) is 77.3. The summed E-state index contributed by atoms with van der Waals surface area (Å²) in [5.74, 6) is 4.15. The van der Waals surface area contributed by atoms with Crippen molar-refractivity contribution in [2.45, 2.75) is 0 Å². The Morgan fingerprint density at radius 2 is 0.485 bits per heavy atom. The molecule has 618 valence electrons. The summed E-state index contributed by atoms with van der Waals surface area (Å²) in [6, 6.07) is 143. The van der Waals surface area contributed by atoms with Gasteiger partial charge in [-0.1, -0.05) is 334 Å². The molecule has 27 rings (SSSR count). The van der Waals surface area contributed by atoms with Crippen LogP contribution in [0.1, 0.15) is 0 Å². The Balaban J connectivity index is 0.000000106. The summed E-state index contributed by atoms with van der Waals surface area (Å²) in [6.07, 6.45) is 5.55. The number of aromatic nitrogens is 13. The van der Waals surface area contributed by atoms with Crippen molar-refractivity contribution in [2.24, 2.45) is 0 Å². The van der Waals surface area contributed by atoms with Crippen molar-refractivity contribution in [3.8, 4) is 119 Å². The summed E-state index contributed by atoms with van der Waals surface area (Å²) in [6.45, 7) is 0. The first-order valence-electron chi connectivity index (χ1n) is 43.7. The van der Waals surface area contributed by atoms with Crippen LogP contribution in [-0.4, -0.2) is 63.5 Å². The summed E-state index contributed by atoms with van der Waals surface area (Å²) < 4.78 is 14.4. The van der Waals surface area contributed by atoms with Crippen molar-refractivity contribution in [1.29, 1.82) is 0 Å². The maximum absolute atomic E-state index is 5.26. The number of hydrogen-bond donors (Lipinski definition) is 0. The molecule has 12 heterocycles. The van der Waals surface area contributed by atoms with Crippen LogP contribution in [0.3, 0.4) is 0 Å². The van der Waals surface area contributed by atoms with Gasteiger partial charge in [0, 0.05) is 136 Å². The molecule has 15 aromatic carbocycles. The topological polar surface area (TPSA) is 144 Å². The van der Waals surface area contributed by atoms with Gasteiger partial charge in [0.05, 0.1) is 86.9 Å². The summed E-state index contributed by atoms with van der Waals surface area (Å²) >= 11 is 5.50. The molecule has 0 radical (unpaired) electrons. The Hall–Kier alpha value is -17.0. The lowest BCUT2D eigenvalue weighted by molar-refractivity contribution is 0.988. The predicted octanol–water partition coefficient (Wildman–Crippen LogP) is 30.4. The van der Waals surface area contributed by atoms with Crippen molar-refractivity contribution < 1.29 is 0 Å². The van der Waals surface area contributed by atoms with Gasteiger partial charge in [0.15, 0.2) is 17.5 Å². The maximum atomic E-state index is 5.26. The van der Waals surface area contributed by atoms with Gasteiger partial charge in [-0.2, -0.15) is 0 Å². The molecule has 0 atom stereocenters. The third-order valence-corrected chi connectivity index (χ3v) is 28.2. The minimum Gasteiger partial charge on any atom is -0.292 e. The molecule has 0 aliphatic heterocycles. The number of para-hydroxylation sites is 3. The van der Waals surface area contributed by atoms with E-state index in [1.54, 1.807) is 0 Å². The molecule has 0 aliphatic rings. The smallest absolute Gasteiger partial charge is 0.234 e. The fourth-order valence-electron chi connectivity index (χ4n) is 18.5. The van der Waals surface area contributed by atoms with Crippen LogP contribution in [-0.2, 0) is 0 Å². The first-order chi connectivity index (χ1) is 65.4. The molecule has 16 heteroatoms. The zero-order chi connectivity index (χ0) is 87.1. The Morgan fingerprint density at radius 3 is 0.864 bits per heavy atom. The number of rotatable bonds is 12. The number of hydrogen-bond acceptors (Lipinski definition) is 13. The van der Waals surface area contributed by atoms with Gasteiger partial charge < -0.3 is 0 Å². The Labute approximate surface area is 768 Å². The largest absolute Gasteiger partial charge is 0.292 e. The molecular weight excluding hydrogens is 1670 g/mol. The lowest BCUT2D eigenvalue weighted by Crippen LogP contribution is -2.02. The van der Waals surface area contributed by atoms with Crippen LogP contribution in [0.4, 0.5) is 0 Å². The van der Waals surface area contributed by atoms with E-state index in [4.69, 9.17) is 49.8 Å². The van der Waals surface area contributed by atoms with E-state index in [9.17, 15) is 0 Å². The fraction of sp³-hybridized carbons (Fsp3) is 0. The van der Waals surface area contributed by atoms with Gasteiger partial charge in [-0.05, 0) is 78.9 Å². The van der Waals surface area contributed by atoms with E-state index in [-0.39, 0.29) is 0 Å². The number of benzene rings is 15. The first-order valence-corrected chi connectivity index (χ1v) is 46.2. The van der Waals surface area contributed by atoms with Crippen LogP contribution in [0.5, 0.6) is 0 Å². The maximum Gasteiger partial charge on any atom is 0.234 e. The molecule has 0 amide bonds. The van der Waals surface area contributed by atoms with Crippen LogP contribution in [0.25, 0.3) is 245 Å². The van der Waals surface area contributed by atoms with E-state index in [1.807, 2.05) is 180 Å². The minimum atomic E-state index is 0.589. The molecular formula is C116H71N13S3. The monoisotopic (exact) mass is 1740 g/mol. The highest BCUT2D eigenvalue weighted by atomic mass is 32.1. The molecule has 0 aliphatic carbocycles. The van der Waals surface area contributed by atoms with Crippen LogP contribution in [0, 0.1) is 0 Å². The average Bonchev–Trinajstić information content (AvgIpc) is 1.57. The summed E-state index contributed by atoms with van der Waals surface area (Å²) in [7, 11) is 0. The van der Waals surface area contributed by atoms with Crippen molar-refractivity contribution in [2.75, 3.05) is 0 Å². The van der Waals surface area contributed by atoms with Crippen molar-refractivity contribution in [3.05, 3.63) is 431 Å². The quantitative estimate of drug-likeness (QED) is 0.116. The van der Waals surface area contributed by atoms with Crippen molar-refractivity contribution in [1.82, 2.24) is 63.5 Å². The summed E-state index contributed by atoms with van der Waals surface area (Å²) in [5, 5.41) is 14.9. The lowest BCUT2D eigenvalue weighted by Gasteiger charge is -2.11. The van der Waals surface area contributed by atoms with Gasteiger partial charge in [0.1, 0.15) is 17.3 Å². The minimum absolute atomic E-state index is 0.589. The molecule has 12 aromatic heterocycles. The van der Waals surface area contributed by atoms with E-state index < -0.39 is 0 Å². The van der Waals surface area contributed by atoms with E-state index in [0.29, 0.717) is 23.4 Å². The molecule has 132 heavy (non-hydrogen) atoms. The standard InChI is InChI=1S/2C39H24N4S.C38H23N5S/c1-3-12-25(13-4-1)32-24-33(26-14-5-2-6-15-26)42-39(41-32)31-18-11-21-36(40-31)43-34-19-9-7-16-27(34)29-22-23-30-28-17-8-10-20-35(28)44-38(30)37(29)43;1-3-11-25(12-4-1)32-24-33(26-13-5-2-6-14-26)42-39(41-32)27-21-22-40-36(23-27)43-34-17-9-7-15-28(34)30-19-20-31-29-16-8-10-18-35(29)44-38(31)37(30)43;1-3-11-24(12-4-1)31-21-32(25-13-5-2-6-14-25)42-37(41-31)26-22-39-38(40-23-26)43-33-17-9-7-15-27(33)29-19-20-30-28-16-8-10-18-34(28)44-36(30)35(29)43/h2*1-24H;1-23H. The average molecular weight is 1740 g/mol. The van der Waals surface area contributed by atoms with Gasteiger partial charge in [0.2, 0.25) is 5.95 Å². The van der Waals surface area contributed by atoms with Gasteiger partial charge in [-0.15, -0.1) is 34.0 Å². The molecule has 0 bridgehead atoms. The summed E-state index contributed by atoms with van der Waals surface area (Å²) in [5.41, 5.74) is 20.7. The second-order valence-electron chi connectivity index (χ2n) is 32.5. The number of pyridine rings is 2. The fourth-order valence-corrected chi connectivity index (χ4v) is 22.3. The number of thiophene rings is 3. The van der Waals surface area contributed by atoms with Crippen LogP contribution < -0.4 is 0 Å². The zero-order valence-electron chi connectivity index (χ0n) is 70.5. The second-order valence-corrected chi connectivity index (χ2v) is 35.7. The van der Waals surface area contributed by atoms with Gasteiger partial charge >= 0.3 is 0 Å². The highest BCUT2D eigenvalue weighted by molar-refractivity contribution is 7.27. The van der Waals surface area contributed by atoms with Crippen molar-refractivity contribution in [3.63, 3.8) is 0 Å². The van der Waals surface area contributed by atoms with Gasteiger partial charge in [-0.25, -0.2) is 49.8 Å². The van der Waals surface area contributed by atoms with Gasteiger partial charge in [0.25, 0.3) is 0 Å². The molecule has 0 saturated heterocycles. The molecule has 0 spiro atoms. The highest BCUT2D eigenvalue weighted by Crippen LogP contribution is 2.48. The van der Waals surface area contributed by atoms with E-state index in [1.165, 1.54) is 104 Å². The molecule has 13 nitrogen and oxygen atoms in total. The van der Waals surface area contributed by atoms with Gasteiger partial charge in [-0.3, -0.25) is 13.7 Å². The van der Waals surface area contributed by atoms with E-state index >= 15 is 0 Å². The molecule has 0 saturated carbocycles. The van der Waals surface area contributed by atoms with Crippen LogP contribution >= 0.6 is 34.0 Å². The normalized spacial score (nSPS) is 11.6. The van der Waals surface area contributed by atoms with E-state index in [2.05, 4.69) is 299 Å². The van der Waals surface area contributed by atoms with E-state index in [0.717, 1.165) is 118 Å².